The maximum Gasteiger partial charge on any atom is 0.0702 e. The van der Waals surface area contributed by atoms with Gasteiger partial charge in [0.2, 0.25) is 0 Å². The molecule has 2 atom stereocenters. The number of nitrogens with zero attached hydrogens (tertiary/aromatic N) is 4. The third-order valence-corrected chi connectivity index (χ3v) is 11.8. The second-order valence-electron chi connectivity index (χ2n) is 14.7. The van der Waals surface area contributed by atoms with E-state index in [9.17, 15) is 0 Å². The first-order chi connectivity index (χ1) is 26.6. The molecule has 10 aromatic rings. The van der Waals surface area contributed by atoms with Crippen molar-refractivity contribution in [2.45, 2.75) is 25.7 Å². The highest BCUT2D eigenvalue weighted by Gasteiger charge is 2.33. The van der Waals surface area contributed by atoms with Crippen molar-refractivity contribution in [1.82, 2.24) is 19.1 Å². The molecule has 0 radical (unpaired) electrons. The van der Waals surface area contributed by atoms with Crippen molar-refractivity contribution in [3.63, 3.8) is 0 Å². The molecule has 0 saturated heterocycles. The highest BCUT2D eigenvalue weighted by Crippen LogP contribution is 2.53. The van der Waals surface area contributed by atoms with E-state index in [1.807, 2.05) is 24.5 Å². The summed E-state index contributed by atoms with van der Waals surface area (Å²) in [5.74, 6) is 0.574. The predicted octanol–water partition coefficient (Wildman–Crippen LogP) is 12.9. The van der Waals surface area contributed by atoms with Crippen molar-refractivity contribution in [2.24, 2.45) is 0 Å². The van der Waals surface area contributed by atoms with Crippen molar-refractivity contribution in [1.29, 1.82) is 0 Å². The molecule has 4 heteroatoms. The Labute approximate surface area is 313 Å². The summed E-state index contributed by atoms with van der Waals surface area (Å²) >= 11 is 0. The van der Waals surface area contributed by atoms with Crippen LogP contribution in [0.3, 0.4) is 0 Å². The maximum atomic E-state index is 4.70. The van der Waals surface area contributed by atoms with E-state index in [4.69, 9.17) is 9.97 Å². The van der Waals surface area contributed by atoms with Crippen LogP contribution in [0.2, 0.25) is 0 Å². The van der Waals surface area contributed by atoms with Gasteiger partial charge >= 0.3 is 0 Å². The second-order valence-corrected chi connectivity index (χ2v) is 14.7. The Balaban J connectivity index is 1.22. The Kier molecular flexibility index (Phi) is 6.77. The van der Waals surface area contributed by atoms with Crippen molar-refractivity contribution < 1.29 is 0 Å². The van der Waals surface area contributed by atoms with Crippen LogP contribution in [0.1, 0.15) is 36.8 Å². The van der Waals surface area contributed by atoms with Crippen LogP contribution < -0.4 is 0 Å². The van der Waals surface area contributed by atoms with Gasteiger partial charge in [0.1, 0.15) is 0 Å². The fourth-order valence-corrected chi connectivity index (χ4v) is 9.13. The zero-order valence-electron chi connectivity index (χ0n) is 30.1. The molecule has 0 fully saturated rings. The Morgan fingerprint density at radius 2 is 0.981 bits per heavy atom. The summed E-state index contributed by atoms with van der Waals surface area (Å²) in [4.78, 5) is 9.39. The van der Waals surface area contributed by atoms with Crippen LogP contribution in [-0.2, 0) is 0 Å². The number of rotatable bonds is 4. The zero-order valence-corrected chi connectivity index (χ0v) is 30.1. The van der Waals surface area contributed by atoms with E-state index < -0.39 is 0 Å². The molecular weight excluding hydrogens is 657 g/mol. The molecule has 1 aliphatic rings. The molecule has 54 heavy (non-hydrogen) atoms. The highest BCUT2D eigenvalue weighted by atomic mass is 15.0. The number of aromatic nitrogens is 4. The van der Waals surface area contributed by atoms with Gasteiger partial charge in [-0.05, 0) is 119 Å². The summed E-state index contributed by atoms with van der Waals surface area (Å²) in [6.45, 7) is 4.84. The van der Waals surface area contributed by atoms with Crippen LogP contribution in [0.4, 0.5) is 0 Å². The molecule has 1 aliphatic carbocycles. The monoisotopic (exact) mass is 692 g/mol. The van der Waals surface area contributed by atoms with E-state index in [0.717, 1.165) is 28.2 Å². The van der Waals surface area contributed by atoms with Crippen molar-refractivity contribution in [3.05, 3.63) is 181 Å². The smallest absolute Gasteiger partial charge is 0.0702 e. The Hall–Kier alpha value is -6.78. The lowest BCUT2D eigenvalue weighted by atomic mass is 9.72. The average Bonchev–Trinajstić information content (AvgIpc) is 3.75. The first-order valence-electron chi connectivity index (χ1n) is 18.8. The van der Waals surface area contributed by atoms with Crippen LogP contribution in [-0.4, -0.2) is 19.1 Å². The molecule has 4 heterocycles. The van der Waals surface area contributed by atoms with Crippen LogP contribution in [0, 0.1) is 0 Å². The van der Waals surface area contributed by atoms with Crippen LogP contribution in [0.25, 0.3) is 88.6 Å². The summed E-state index contributed by atoms with van der Waals surface area (Å²) in [6, 6.07) is 57.2. The standard InChI is InChI=1S/C50H36N4/c1-31-32(2)49-37(21-22-38-41-27-33(44-17-9-11-25-51-44)20-24-47(41)54(50(38)49)36-15-7-4-8-16-36)40-30-48-43(29-39(31)40)42-28-34(45-18-10-12-26-52-45)19-23-46(42)53(48)35-13-5-3-6-14-35/h3-32H,1-2H3. The largest absolute Gasteiger partial charge is 0.309 e. The summed E-state index contributed by atoms with van der Waals surface area (Å²) in [5.41, 5.74) is 16.9. The molecule has 4 nitrogen and oxygen atoms in total. The van der Waals surface area contributed by atoms with Crippen molar-refractivity contribution in [3.8, 4) is 45.0 Å². The van der Waals surface area contributed by atoms with Gasteiger partial charge in [-0.25, -0.2) is 0 Å². The van der Waals surface area contributed by atoms with Gasteiger partial charge in [-0.15, -0.1) is 0 Å². The lowest BCUT2D eigenvalue weighted by Gasteiger charge is -2.33. The van der Waals surface area contributed by atoms with Gasteiger partial charge in [-0.2, -0.15) is 0 Å². The Morgan fingerprint density at radius 3 is 1.59 bits per heavy atom. The fourth-order valence-electron chi connectivity index (χ4n) is 9.13. The molecule has 0 amide bonds. The molecule has 0 bridgehead atoms. The molecule has 2 unspecified atom stereocenters. The highest BCUT2D eigenvalue weighted by molar-refractivity contribution is 6.15. The predicted molar refractivity (Wildman–Crippen MR) is 224 cm³/mol. The number of hydrogen-bond donors (Lipinski definition) is 0. The van der Waals surface area contributed by atoms with Crippen LogP contribution >= 0.6 is 0 Å². The quantitative estimate of drug-likeness (QED) is 0.184. The summed E-state index contributed by atoms with van der Waals surface area (Å²) in [6.07, 6.45) is 3.74. The topological polar surface area (TPSA) is 35.6 Å². The molecule has 0 spiro atoms. The third-order valence-electron chi connectivity index (χ3n) is 11.8. The lowest BCUT2D eigenvalue weighted by molar-refractivity contribution is 0.619. The molecule has 6 aromatic carbocycles. The van der Waals surface area contributed by atoms with E-state index in [1.54, 1.807) is 0 Å². The number of fused-ring (bicyclic) bond motifs is 10. The number of pyridine rings is 2. The second kappa shape index (κ2) is 11.9. The van der Waals surface area contributed by atoms with Crippen LogP contribution in [0.15, 0.2) is 170 Å². The van der Waals surface area contributed by atoms with Gasteiger partial charge in [0, 0.05) is 56.4 Å². The summed E-state index contributed by atoms with van der Waals surface area (Å²) in [7, 11) is 0. The molecule has 4 aromatic heterocycles. The molecule has 11 rings (SSSR count). The number of benzene rings is 6. The fraction of sp³-hybridized carbons (Fsp3) is 0.0800. The first kappa shape index (κ1) is 30.8. The minimum absolute atomic E-state index is 0.280. The summed E-state index contributed by atoms with van der Waals surface area (Å²) < 4.78 is 4.94. The SMILES string of the molecule is CC1c2cc3c4cc(-c5ccccn5)ccc4n(-c4ccccc4)c3cc2-c2ccc3c4cc(-c5ccccn5)ccc4n(-c4ccccc4)c3c2C1C. The van der Waals surface area contributed by atoms with E-state index >= 15 is 0 Å². The summed E-state index contributed by atoms with van der Waals surface area (Å²) in [5, 5.41) is 5.03. The number of para-hydroxylation sites is 2. The molecule has 0 saturated carbocycles. The minimum Gasteiger partial charge on any atom is -0.309 e. The lowest BCUT2D eigenvalue weighted by Crippen LogP contribution is -2.15. The van der Waals surface area contributed by atoms with Crippen molar-refractivity contribution >= 4 is 43.6 Å². The maximum absolute atomic E-state index is 4.70. The van der Waals surface area contributed by atoms with Gasteiger partial charge < -0.3 is 9.13 Å². The Bertz CT molecular complexity index is 3000. The van der Waals surface area contributed by atoms with E-state index in [2.05, 4.69) is 169 Å². The number of hydrogen-bond acceptors (Lipinski definition) is 2. The van der Waals surface area contributed by atoms with E-state index in [-0.39, 0.29) is 5.92 Å². The molecular formula is C50H36N4. The van der Waals surface area contributed by atoms with Gasteiger partial charge in [0.25, 0.3) is 0 Å². The minimum atomic E-state index is 0.280. The molecule has 0 aliphatic heterocycles. The average molecular weight is 693 g/mol. The zero-order chi connectivity index (χ0) is 35.9. The van der Waals surface area contributed by atoms with Crippen molar-refractivity contribution in [2.75, 3.05) is 0 Å². The first-order valence-corrected chi connectivity index (χ1v) is 18.8. The third kappa shape index (κ3) is 4.50. The van der Waals surface area contributed by atoms with Crippen LogP contribution in [0.5, 0.6) is 0 Å². The Morgan fingerprint density at radius 1 is 0.426 bits per heavy atom. The van der Waals surface area contributed by atoms with E-state index in [1.165, 1.54) is 71.6 Å². The molecule has 256 valence electrons. The van der Waals surface area contributed by atoms with Gasteiger partial charge in [-0.1, -0.05) is 86.6 Å². The van der Waals surface area contributed by atoms with Gasteiger partial charge in [0.05, 0.1) is 33.5 Å². The van der Waals surface area contributed by atoms with Gasteiger partial charge in [-0.3, -0.25) is 9.97 Å². The van der Waals surface area contributed by atoms with Gasteiger partial charge in [0.15, 0.2) is 0 Å². The normalized spacial score (nSPS) is 15.2. The van der Waals surface area contributed by atoms with E-state index in [0.29, 0.717) is 5.92 Å². The molecule has 0 N–H and O–H groups in total.